The number of benzene rings is 2. The molecule has 0 aliphatic heterocycles. The molecular weight excluding hydrogens is 276 g/mol. The Kier molecular flexibility index (Phi) is 3.94. The zero-order valence-corrected chi connectivity index (χ0v) is 10.9. The second kappa shape index (κ2) is 5.64. The van der Waals surface area contributed by atoms with E-state index in [1.807, 2.05) is 36.4 Å². The zero-order valence-electron chi connectivity index (χ0n) is 9.28. The van der Waals surface area contributed by atoms with Crippen molar-refractivity contribution in [3.63, 3.8) is 0 Å². The van der Waals surface area contributed by atoms with Gasteiger partial charge in [0.05, 0.1) is 0 Å². The maximum Gasteiger partial charge on any atom is 0.0431 e. The Balaban J connectivity index is 2.07. The van der Waals surface area contributed by atoms with E-state index in [0.29, 0.717) is 0 Å². The van der Waals surface area contributed by atoms with Crippen molar-refractivity contribution in [2.75, 3.05) is 5.32 Å². The van der Waals surface area contributed by atoms with Gasteiger partial charge in [-0.15, -0.1) is 0 Å². The van der Waals surface area contributed by atoms with Crippen molar-refractivity contribution in [1.29, 1.82) is 5.41 Å². The van der Waals surface area contributed by atoms with Crippen LogP contribution in [0.25, 0.3) is 0 Å². The molecule has 2 N–H and O–H groups in total. The molecule has 0 bridgehead atoms. The van der Waals surface area contributed by atoms with Crippen LogP contribution in [0.2, 0.25) is 0 Å². The minimum atomic E-state index is 0.762. The number of rotatable bonds is 4. The molecule has 0 atom stereocenters. The first-order valence-electron chi connectivity index (χ1n) is 5.37. The van der Waals surface area contributed by atoms with Crippen LogP contribution in [0.15, 0.2) is 53.0 Å². The van der Waals surface area contributed by atoms with E-state index in [4.69, 9.17) is 5.41 Å². The number of hydrogen-bond acceptors (Lipinski definition) is 2. The van der Waals surface area contributed by atoms with Crippen LogP contribution in [0.1, 0.15) is 11.1 Å². The normalized spacial score (nSPS) is 9.94. The largest absolute Gasteiger partial charge is 0.380 e. The molecule has 0 heterocycles. The Morgan fingerprint density at radius 2 is 1.76 bits per heavy atom. The Labute approximate surface area is 109 Å². The fourth-order valence-electron chi connectivity index (χ4n) is 1.58. The van der Waals surface area contributed by atoms with E-state index in [0.717, 1.165) is 22.3 Å². The summed E-state index contributed by atoms with van der Waals surface area (Å²) in [5.74, 6) is 0. The topological polar surface area (TPSA) is 35.9 Å². The molecule has 0 amide bonds. The molecule has 0 fully saturated rings. The summed E-state index contributed by atoms with van der Waals surface area (Å²) in [4.78, 5) is 0. The summed E-state index contributed by atoms with van der Waals surface area (Å²) in [6.45, 7) is 0.762. The van der Waals surface area contributed by atoms with Gasteiger partial charge in [0, 0.05) is 28.5 Å². The summed E-state index contributed by atoms with van der Waals surface area (Å²) in [6, 6.07) is 16.0. The SMILES string of the molecule is N=Cc1ccccc1NCc1ccc(Br)cc1. The highest BCUT2D eigenvalue weighted by Gasteiger charge is 1.98. The molecule has 3 heteroatoms. The number of nitrogens with one attached hydrogen (secondary N) is 2. The summed E-state index contributed by atoms with van der Waals surface area (Å²) in [6.07, 6.45) is 1.36. The van der Waals surface area contributed by atoms with Crippen molar-refractivity contribution in [2.24, 2.45) is 0 Å². The van der Waals surface area contributed by atoms with Gasteiger partial charge in [-0.2, -0.15) is 0 Å². The maximum absolute atomic E-state index is 7.32. The lowest BCUT2D eigenvalue weighted by Crippen LogP contribution is -2.01. The molecule has 86 valence electrons. The van der Waals surface area contributed by atoms with Gasteiger partial charge in [-0.3, -0.25) is 0 Å². The predicted octanol–water partition coefficient (Wildman–Crippen LogP) is 4.06. The summed E-state index contributed by atoms with van der Waals surface area (Å²) in [5, 5.41) is 10.7. The van der Waals surface area contributed by atoms with E-state index in [1.54, 1.807) is 0 Å². The minimum absolute atomic E-state index is 0.762. The lowest BCUT2D eigenvalue weighted by molar-refractivity contribution is 1.15. The minimum Gasteiger partial charge on any atom is -0.380 e. The van der Waals surface area contributed by atoms with Crippen LogP contribution in [-0.4, -0.2) is 6.21 Å². The molecule has 0 saturated carbocycles. The van der Waals surface area contributed by atoms with Crippen molar-refractivity contribution in [2.45, 2.75) is 6.54 Å². The van der Waals surface area contributed by atoms with Gasteiger partial charge in [0.25, 0.3) is 0 Å². The fourth-order valence-corrected chi connectivity index (χ4v) is 1.85. The van der Waals surface area contributed by atoms with E-state index < -0.39 is 0 Å². The lowest BCUT2D eigenvalue weighted by Gasteiger charge is -2.09. The van der Waals surface area contributed by atoms with E-state index in [9.17, 15) is 0 Å². The lowest BCUT2D eigenvalue weighted by atomic mass is 10.1. The number of halogens is 1. The first kappa shape index (κ1) is 11.9. The Hall–Kier alpha value is -1.61. The van der Waals surface area contributed by atoms with Crippen LogP contribution < -0.4 is 5.32 Å². The van der Waals surface area contributed by atoms with Gasteiger partial charge >= 0.3 is 0 Å². The van der Waals surface area contributed by atoms with Gasteiger partial charge in [0.15, 0.2) is 0 Å². The monoisotopic (exact) mass is 288 g/mol. The average Bonchev–Trinajstić information content (AvgIpc) is 2.38. The standard InChI is InChI=1S/C14H13BrN2/c15-13-7-5-11(6-8-13)10-17-14-4-2-1-3-12(14)9-16/h1-9,16-17H,10H2. The highest BCUT2D eigenvalue weighted by Crippen LogP contribution is 2.15. The molecule has 0 saturated heterocycles. The summed E-state index contributed by atoms with van der Waals surface area (Å²) in [5.41, 5.74) is 3.11. The van der Waals surface area contributed by atoms with Gasteiger partial charge < -0.3 is 10.7 Å². The van der Waals surface area contributed by atoms with Crippen LogP contribution >= 0.6 is 15.9 Å². The third-order valence-electron chi connectivity index (χ3n) is 2.51. The molecule has 0 spiro atoms. The number of hydrogen-bond donors (Lipinski definition) is 2. The highest BCUT2D eigenvalue weighted by atomic mass is 79.9. The quantitative estimate of drug-likeness (QED) is 0.818. The molecule has 2 aromatic carbocycles. The second-order valence-corrected chi connectivity index (χ2v) is 4.63. The van der Waals surface area contributed by atoms with E-state index in [2.05, 4.69) is 33.4 Å². The number of anilines is 1. The van der Waals surface area contributed by atoms with Crippen molar-refractivity contribution < 1.29 is 0 Å². The highest BCUT2D eigenvalue weighted by molar-refractivity contribution is 9.10. The molecule has 0 radical (unpaired) electrons. The average molecular weight is 289 g/mol. The fraction of sp³-hybridized carbons (Fsp3) is 0.0714. The molecule has 17 heavy (non-hydrogen) atoms. The van der Waals surface area contributed by atoms with Crippen LogP contribution in [0, 0.1) is 5.41 Å². The first-order chi connectivity index (χ1) is 8.29. The third-order valence-corrected chi connectivity index (χ3v) is 3.04. The van der Waals surface area contributed by atoms with E-state index >= 15 is 0 Å². The molecule has 0 aromatic heterocycles. The van der Waals surface area contributed by atoms with Crippen LogP contribution in [0.4, 0.5) is 5.69 Å². The van der Waals surface area contributed by atoms with Crippen molar-refractivity contribution >= 4 is 27.8 Å². The van der Waals surface area contributed by atoms with Crippen LogP contribution in [0.3, 0.4) is 0 Å². The van der Waals surface area contributed by atoms with Crippen molar-refractivity contribution in [3.8, 4) is 0 Å². The molecule has 0 unspecified atom stereocenters. The molecule has 2 rings (SSSR count). The third kappa shape index (κ3) is 3.17. The second-order valence-electron chi connectivity index (χ2n) is 3.71. The summed E-state index contributed by atoms with van der Waals surface area (Å²) >= 11 is 3.41. The zero-order chi connectivity index (χ0) is 12.1. The molecule has 2 aromatic rings. The van der Waals surface area contributed by atoms with Crippen LogP contribution in [0.5, 0.6) is 0 Å². The molecule has 0 aliphatic rings. The Bertz CT molecular complexity index is 506. The van der Waals surface area contributed by atoms with Gasteiger partial charge in [0.1, 0.15) is 0 Å². The summed E-state index contributed by atoms with van der Waals surface area (Å²) in [7, 11) is 0. The van der Waals surface area contributed by atoms with E-state index in [-0.39, 0.29) is 0 Å². The molecular formula is C14H13BrN2. The number of para-hydroxylation sites is 1. The summed E-state index contributed by atoms with van der Waals surface area (Å²) < 4.78 is 1.08. The maximum atomic E-state index is 7.32. The smallest absolute Gasteiger partial charge is 0.0431 e. The first-order valence-corrected chi connectivity index (χ1v) is 6.17. The predicted molar refractivity (Wildman–Crippen MR) is 75.8 cm³/mol. The van der Waals surface area contributed by atoms with Gasteiger partial charge in [0.2, 0.25) is 0 Å². The van der Waals surface area contributed by atoms with Crippen molar-refractivity contribution in [1.82, 2.24) is 0 Å². The van der Waals surface area contributed by atoms with Crippen molar-refractivity contribution in [3.05, 3.63) is 64.1 Å². The Morgan fingerprint density at radius 3 is 2.47 bits per heavy atom. The molecule has 0 aliphatic carbocycles. The van der Waals surface area contributed by atoms with Gasteiger partial charge in [-0.05, 0) is 23.8 Å². The Morgan fingerprint density at radius 1 is 1.06 bits per heavy atom. The van der Waals surface area contributed by atoms with Gasteiger partial charge in [-0.25, -0.2) is 0 Å². The molecule has 2 nitrogen and oxygen atoms in total. The van der Waals surface area contributed by atoms with E-state index in [1.165, 1.54) is 11.8 Å². The van der Waals surface area contributed by atoms with Crippen LogP contribution in [-0.2, 0) is 6.54 Å². The van der Waals surface area contributed by atoms with Gasteiger partial charge in [-0.1, -0.05) is 46.3 Å².